The Labute approximate surface area is 316 Å². The summed E-state index contributed by atoms with van der Waals surface area (Å²) in [5.74, 6) is 0. The molecule has 9 rings (SSSR count). The molecule has 2 aromatic carbocycles. The summed E-state index contributed by atoms with van der Waals surface area (Å²) >= 11 is 6.37. The van der Waals surface area contributed by atoms with E-state index in [1.807, 2.05) is 91.0 Å². The van der Waals surface area contributed by atoms with E-state index in [4.69, 9.17) is 16.6 Å². The molecule has 7 aromatic heterocycles. The third-order valence-corrected chi connectivity index (χ3v) is 9.30. The maximum atomic E-state index is 6.37. The normalized spacial score (nSPS) is 11.7. The topological polar surface area (TPSA) is 132 Å². The van der Waals surface area contributed by atoms with Crippen molar-refractivity contribution in [3.63, 3.8) is 0 Å². The predicted octanol–water partition coefficient (Wildman–Crippen LogP) is 9.03. The van der Waals surface area contributed by atoms with Crippen molar-refractivity contribution < 1.29 is 0 Å². The third-order valence-electron chi connectivity index (χ3n) is 9.01. The van der Waals surface area contributed by atoms with Crippen molar-refractivity contribution in [1.82, 2.24) is 44.4 Å². The van der Waals surface area contributed by atoms with Gasteiger partial charge in [0.2, 0.25) is 0 Å². The molecule has 0 aliphatic heterocycles. The van der Waals surface area contributed by atoms with Crippen LogP contribution in [0.5, 0.6) is 0 Å². The van der Waals surface area contributed by atoms with E-state index in [0.717, 1.165) is 66.9 Å². The average Bonchev–Trinajstić information content (AvgIpc) is 3.60. The minimum atomic E-state index is -0.104. The number of nitrogens with one attached hydrogen (secondary N) is 2. The van der Waals surface area contributed by atoms with Crippen LogP contribution in [0.1, 0.15) is 35.7 Å². The van der Waals surface area contributed by atoms with Crippen molar-refractivity contribution in [2.45, 2.75) is 19.0 Å². The number of benzene rings is 2. The van der Waals surface area contributed by atoms with Crippen LogP contribution in [0.3, 0.4) is 0 Å². The highest BCUT2D eigenvalue weighted by Gasteiger charge is 2.17. The Kier molecular flexibility index (Phi) is 9.77. The van der Waals surface area contributed by atoms with Gasteiger partial charge < -0.3 is 15.2 Å². The number of aryl methyl sites for hydroxylation is 1. The fourth-order valence-electron chi connectivity index (χ4n) is 6.34. The molecule has 1 atom stereocenters. The molecule has 0 saturated carbocycles. The zero-order chi connectivity index (χ0) is 36.9. The molecule has 9 aromatic rings. The number of aromatic nitrogens is 9. The Bertz CT molecular complexity index is 2630. The molecule has 11 nitrogen and oxygen atoms in total. The molecular weight excluding hydrogens is 694 g/mol. The maximum absolute atomic E-state index is 6.37. The average molecular weight is 728 g/mol. The van der Waals surface area contributed by atoms with Crippen LogP contribution < -0.4 is 10.6 Å². The van der Waals surface area contributed by atoms with Crippen LogP contribution in [0.15, 0.2) is 147 Å². The van der Waals surface area contributed by atoms with E-state index in [0.29, 0.717) is 10.5 Å². The summed E-state index contributed by atoms with van der Waals surface area (Å²) in [6.07, 6.45) is 19.6. The van der Waals surface area contributed by atoms with Crippen LogP contribution >= 0.6 is 11.6 Å². The Morgan fingerprint density at radius 1 is 0.611 bits per heavy atom. The number of nitrogens with zero attached hydrogens (tertiary/aromatic N) is 9. The van der Waals surface area contributed by atoms with Gasteiger partial charge in [-0.25, -0.2) is 4.98 Å². The van der Waals surface area contributed by atoms with Gasteiger partial charge in [0.15, 0.2) is 0 Å². The van der Waals surface area contributed by atoms with Gasteiger partial charge in [-0.05, 0) is 84.3 Å². The third kappa shape index (κ3) is 7.39. The number of rotatable bonds is 8. The molecule has 0 radical (unpaired) electrons. The first-order valence-corrected chi connectivity index (χ1v) is 17.7. The molecule has 0 aliphatic carbocycles. The molecule has 264 valence electrons. The molecule has 0 bridgehead atoms. The van der Waals surface area contributed by atoms with E-state index < -0.39 is 0 Å². The largest absolute Gasteiger partial charge is 0.378 e. The first kappa shape index (κ1) is 34.2. The van der Waals surface area contributed by atoms with Gasteiger partial charge in [0, 0.05) is 97.5 Å². The molecule has 0 amide bonds. The second kappa shape index (κ2) is 15.4. The molecule has 2 N–H and O–H groups in total. The number of halogens is 1. The highest BCUT2D eigenvalue weighted by Crippen LogP contribution is 2.33. The molecule has 0 aliphatic rings. The fourth-order valence-corrected chi connectivity index (χ4v) is 6.60. The number of pyridine rings is 4. The summed E-state index contributed by atoms with van der Waals surface area (Å²) in [4.78, 5) is 35.3. The van der Waals surface area contributed by atoms with Gasteiger partial charge in [0.1, 0.15) is 11.2 Å². The molecule has 1 unspecified atom stereocenters. The van der Waals surface area contributed by atoms with E-state index in [2.05, 4.69) is 76.7 Å². The SMILES string of the molecule is CC(Nc1cc(-c2ccc3ccn(C)c3n2)c2nccnc2c1)c1cccnc1.Clc1cc(NC(c2cccnc2)c2cccnc2)cc2nccnc12. The number of hydrogen-bond donors (Lipinski definition) is 2. The lowest BCUT2D eigenvalue weighted by atomic mass is 10.0. The minimum absolute atomic E-state index is 0.104. The van der Waals surface area contributed by atoms with E-state index in [9.17, 15) is 0 Å². The van der Waals surface area contributed by atoms with Gasteiger partial charge in [-0.2, -0.15) is 0 Å². The maximum Gasteiger partial charge on any atom is 0.140 e. The summed E-state index contributed by atoms with van der Waals surface area (Å²) < 4.78 is 2.03. The summed E-state index contributed by atoms with van der Waals surface area (Å²) in [5, 5.41) is 8.75. The van der Waals surface area contributed by atoms with Crippen LogP contribution in [0, 0.1) is 0 Å². The predicted molar refractivity (Wildman–Crippen MR) is 214 cm³/mol. The van der Waals surface area contributed by atoms with Crippen LogP contribution in [-0.4, -0.2) is 44.4 Å². The zero-order valence-corrected chi connectivity index (χ0v) is 30.2. The lowest BCUT2D eigenvalue weighted by Crippen LogP contribution is -2.13. The zero-order valence-electron chi connectivity index (χ0n) is 29.4. The van der Waals surface area contributed by atoms with Gasteiger partial charge in [-0.3, -0.25) is 34.9 Å². The van der Waals surface area contributed by atoms with Gasteiger partial charge in [0.25, 0.3) is 0 Å². The molecule has 12 heteroatoms. The van der Waals surface area contributed by atoms with Gasteiger partial charge in [-0.1, -0.05) is 29.8 Å². The Morgan fingerprint density at radius 3 is 1.85 bits per heavy atom. The monoisotopic (exact) mass is 727 g/mol. The van der Waals surface area contributed by atoms with Crippen LogP contribution in [0.2, 0.25) is 5.02 Å². The van der Waals surface area contributed by atoms with E-state index >= 15 is 0 Å². The summed E-state index contributed by atoms with van der Waals surface area (Å²) in [6.45, 7) is 2.12. The van der Waals surface area contributed by atoms with Gasteiger partial charge >= 0.3 is 0 Å². The molecule has 0 spiro atoms. The van der Waals surface area contributed by atoms with E-state index in [-0.39, 0.29) is 12.1 Å². The van der Waals surface area contributed by atoms with Gasteiger partial charge in [0.05, 0.1) is 39.4 Å². The van der Waals surface area contributed by atoms with Crippen molar-refractivity contribution >= 4 is 56.1 Å². The molecule has 7 heterocycles. The summed E-state index contributed by atoms with van der Waals surface area (Å²) in [5.41, 5.74) is 10.9. The smallest absolute Gasteiger partial charge is 0.140 e. The number of anilines is 2. The van der Waals surface area contributed by atoms with Crippen LogP contribution in [-0.2, 0) is 7.05 Å². The highest BCUT2D eigenvalue weighted by atomic mass is 35.5. The Hall–Kier alpha value is -6.85. The summed E-state index contributed by atoms with van der Waals surface area (Å²) in [6, 6.07) is 26.0. The molecular formula is C42H34ClN11. The van der Waals surface area contributed by atoms with Crippen molar-refractivity contribution in [2.75, 3.05) is 10.6 Å². The van der Waals surface area contributed by atoms with Crippen molar-refractivity contribution in [1.29, 1.82) is 0 Å². The molecule has 54 heavy (non-hydrogen) atoms. The second-order valence-corrected chi connectivity index (χ2v) is 13.1. The molecule has 0 saturated heterocycles. The highest BCUT2D eigenvalue weighted by molar-refractivity contribution is 6.35. The standard InChI is InChI=1S/C23H20N6.C19H14ClN5/c1-15(17-4-3-8-24-14-17)27-18-12-19(22-21(13-18)25-9-10-26-22)20-6-5-16-7-11-29(2)23(16)28-20;20-16-9-15(10-17-19(16)24-8-7-23-17)25-18(13-3-1-5-21-11-13)14-4-2-6-22-12-14/h3-15,27H,1-2H3;1-12,18,25H. The van der Waals surface area contributed by atoms with Crippen molar-refractivity contribution in [3.05, 3.63) is 169 Å². The van der Waals surface area contributed by atoms with E-state index in [1.165, 1.54) is 0 Å². The van der Waals surface area contributed by atoms with E-state index in [1.54, 1.807) is 43.4 Å². The first-order valence-electron chi connectivity index (χ1n) is 17.3. The minimum Gasteiger partial charge on any atom is -0.378 e. The number of hydrogen-bond acceptors (Lipinski definition) is 10. The lowest BCUT2D eigenvalue weighted by Gasteiger charge is -2.20. The fraction of sp³-hybridized carbons (Fsp3) is 0.0952. The Morgan fingerprint density at radius 2 is 1.20 bits per heavy atom. The first-order chi connectivity index (χ1) is 26.5. The quantitative estimate of drug-likeness (QED) is 0.156. The Balaban J connectivity index is 0.000000155. The van der Waals surface area contributed by atoms with Gasteiger partial charge in [-0.15, -0.1) is 0 Å². The second-order valence-electron chi connectivity index (χ2n) is 12.7. The van der Waals surface area contributed by atoms with Crippen molar-refractivity contribution in [3.8, 4) is 11.3 Å². The van der Waals surface area contributed by atoms with Crippen molar-refractivity contribution in [2.24, 2.45) is 7.05 Å². The summed E-state index contributed by atoms with van der Waals surface area (Å²) in [7, 11) is 2.00. The number of fused-ring (bicyclic) bond motifs is 3. The van der Waals surface area contributed by atoms with Crippen LogP contribution in [0.4, 0.5) is 11.4 Å². The molecule has 0 fully saturated rings. The van der Waals surface area contributed by atoms with Crippen LogP contribution in [0.25, 0.3) is 44.4 Å². The lowest BCUT2D eigenvalue weighted by molar-refractivity contribution is 0.876.